The van der Waals surface area contributed by atoms with Gasteiger partial charge >= 0.3 is 0 Å². The van der Waals surface area contributed by atoms with Gasteiger partial charge in [0.1, 0.15) is 5.82 Å². The van der Waals surface area contributed by atoms with Gasteiger partial charge in [0.25, 0.3) is 11.3 Å². The molecule has 0 amide bonds. The number of aryl methyl sites for hydroxylation is 1. The zero-order valence-corrected chi connectivity index (χ0v) is 16.2. The van der Waals surface area contributed by atoms with Crippen LogP contribution >= 0.6 is 11.6 Å². The third-order valence-corrected chi connectivity index (χ3v) is 4.92. The van der Waals surface area contributed by atoms with Crippen molar-refractivity contribution in [3.63, 3.8) is 0 Å². The van der Waals surface area contributed by atoms with Crippen molar-refractivity contribution in [2.75, 3.05) is 0 Å². The Morgan fingerprint density at radius 1 is 1.10 bits per heavy atom. The maximum Gasteiger partial charge on any atom is 0.262 e. The van der Waals surface area contributed by atoms with Crippen molar-refractivity contribution in [1.82, 2.24) is 29.1 Å². The van der Waals surface area contributed by atoms with Gasteiger partial charge in [0.05, 0.1) is 23.1 Å². The summed E-state index contributed by atoms with van der Waals surface area (Å²) in [4.78, 5) is 26.5. The molecule has 1 aromatic carbocycles. The van der Waals surface area contributed by atoms with E-state index in [9.17, 15) is 4.79 Å². The third-order valence-electron chi connectivity index (χ3n) is 4.68. The van der Waals surface area contributed by atoms with Crippen LogP contribution in [0.1, 0.15) is 11.4 Å². The van der Waals surface area contributed by atoms with Gasteiger partial charge < -0.3 is 4.57 Å². The number of aromatic nitrogens is 6. The standard InChI is InChI=1S/C21H15ClN6O/c1-13-24-21-25-17-7-9-27(12-14-4-3-8-23-11-14)20(29)18(17)19(28(21)26-13)15-5-2-6-16(22)10-15/h2-11H,12H2,1H3. The van der Waals surface area contributed by atoms with Crippen LogP contribution in [-0.2, 0) is 6.54 Å². The summed E-state index contributed by atoms with van der Waals surface area (Å²) in [5, 5.41) is 5.51. The van der Waals surface area contributed by atoms with Gasteiger partial charge in [0.2, 0.25) is 0 Å². The minimum absolute atomic E-state index is 0.163. The smallest absolute Gasteiger partial charge is 0.262 e. The van der Waals surface area contributed by atoms with Crippen LogP contribution in [0.25, 0.3) is 27.9 Å². The van der Waals surface area contributed by atoms with Gasteiger partial charge in [-0.25, -0.2) is 4.98 Å². The van der Waals surface area contributed by atoms with Crippen molar-refractivity contribution in [2.24, 2.45) is 0 Å². The van der Waals surface area contributed by atoms with Gasteiger partial charge in [0, 0.05) is 29.2 Å². The summed E-state index contributed by atoms with van der Waals surface area (Å²) in [6.45, 7) is 2.20. The summed E-state index contributed by atoms with van der Waals surface area (Å²) >= 11 is 6.23. The Morgan fingerprint density at radius 3 is 2.79 bits per heavy atom. The molecule has 0 saturated heterocycles. The lowest BCUT2D eigenvalue weighted by Gasteiger charge is -2.11. The van der Waals surface area contributed by atoms with E-state index in [1.807, 2.05) is 36.4 Å². The molecular weight excluding hydrogens is 388 g/mol. The summed E-state index contributed by atoms with van der Waals surface area (Å²) in [5.41, 5.74) is 2.73. The first kappa shape index (κ1) is 17.5. The fourth-order valence-corrected chi connectivity index (χ4v) is 3.63. The summed E-state index contributed by atoms with van der Waals surface area (Å²) in [5.74, 6) is 1.01. The Kier molecular flexibility index (Phi) is 4.10. The van der Waals surface area contributed by atoms with Gasteiger partial charge in [-0.3, -0.25) is 9.78 Å². The van der Waals surface area contributed by atoms with Crippen LogP contribution in [0.5, 0.6) is 0 Å². The van der Waals surface area contributed by atoms with Crippen molar-refractivity contribution in [2.45, 2.75) is 13.5 Å². The number of pyridine rings is 2. The molecule has 29 heavy (non-hydrogen) atoms. The third kappa shape index (κ3) is 3.05. The summed E-state index contributed by atoms with van der Waals surface area (Å²) in [6, 6.07) is 13.0. The van der Waals surface area contributed by atoms with Gasteiger partial charge in [-0.1, -0.05) is 29.8 Å². The van der Waals surface area contributed by atoms with Gasteiger partial charge in [-0.2, -0.15) is 9.50 Å². The molecule has 0 saturated carbocycles. The molecule has 0 aliphatic carbocycles. The van der Waals surface area contributed by atoms with E-state index in [1.54, 1.807) is 40.7 Å². The van der Waals surface area contributed by atoms with Crippen LogP contribution in [0.4, 0.5) is 0 Å². The zero-order valence-electron chi connectivity index (χ0n) is 15.5. The number of rotatable bonds is 3. The molecule has 0 fully saturated rings. The first-order valence-electron chi connectivity index (χ1n) is 9.01. The second kappa shape index (κ2) is 6.79. The molecule has 4 aromatic heterocycles. The first-order valence-corrected chi connectivity index (χ1v) is 9.39. The van der Waals surface area contributed by atoms with Crippen LogP contribution in [0, 0.1) is 6.92 Å². The largest absolute Gasteiger partial charge is 0.310 e. The quantitative estimate of drug-likeness (QED) is 0.461. The Labute approximate surface area is 170 Å². The van der Waals surface area contributed by atoms with Crippen molar-refractivity contribution in [3.8, 4) is 11.3 Å². The van der Waals surface area contributed by atoms with Crippen LogP contribution in [-0.4, -0.2) is 29.1 Å². The molecule has 0 N–H and O–H groups in total. The molecule has 142 valence electrons. The van der Waals surface area contributed by atoms with Gasteiger partial charge in [-0.05, 0) is 36.8 Å². The number of nitrogens with zero attached hydrogens (tertiary/aromatic N) is 6. The molecule has 8 heteroatoms. The Balaban J connectivity index is 1.84. The van der Waals surface area contributed by atoms with E-state index in [1.165, 1.54) is 0 Å². The van der Waals surface area contributed by atoms with Crippen molar-refractivity contribution < 1.29 is 0 Å². The second-order valence-electron chi connectivity index (χ2n) is 6.71. The number of benzene rings is 1. The predicted molar refractivity (Wildman–Crippen MR) is 111 cm³/mol. The first-order chi connectivity index (χ1) is 14.1. The highest BCUT2D eigenvalue weighted by molar-refractivity contribution is 6.30. The summed E-state index contributed by atoms with van der Waals surface area (Å²) < 4.78 is 3.25. The SMILES string of the molecule is Cc1nc2nc3ccn(Cc4cccnc4)c(=O)c3c(-c3cccc(Cl)c3)n2n1. The van der Waals surface area contributed by atoms with Crippen LogP contribution in [0.2, 0.25) is 5.02 Å². The van der Waals surface area contributed by atoms with Crippen LogP contribution in [0.3, 0.4) is 0 Å². The Hall–Kier alpha value is -3.58. The maximum atomic E-state index is 13.5. The fraction of sp³-hybridized carbons (Fsp3) is 0.0952. The number of hydrogen-bond donors (Lipinski definition) is 0. The molecule has 5 rings (SSSR count). The molecule has 0 spiro atoms. The fourth-order valence-electron chi connectivity index (χ4n) is 3.44. The van der Waals surface area contributed by atoms with Crippen LogP contribution in [0.15, 0.2) is 65.8 Å². The molecular formula is C21H15ClN6O. The lowest BCUT2D eigenvalue weighted by atomic mass is 10.1. The lowest BCUT2D eigenvalue weighted by molar-refractivity contribution is 0.763. The maximum absolute atomic E-state index is 13.5. The normalized spacial score (nSPS) is 11.4. The number of hydrogen-bond acceptors (Lipinski definition) is 5. The van der Waals surface area contributed by atoms with Gasteiger partial charge in [0.15, 0.2) is 0 Å². The molecule has 5 aromatic rings. The van der Waals surface area contributed by atoms with E-state index in [2.05, 4.69) is 20.1 Å². The lowest BCUT2D eigenvalue weighted by Crippen LogP contribution is -2.22. The molecule has 0 radical (unpaired) electrons. The molecule has 0 aliphatic rings. The predicted octanol–water partition coefficient (Wildman–Crippen LogP) is 3.51. The van der Waals surface area contributed by atoms with E-state index >= 15 is 0 Å². The van der Waals surface area contributed by atoms with E-state index in [-0.39, 0.29) is 5.56 Å². The molecule has 7 nitrogen and oxygen atoms in total. The molecule has 0 aliphatic heterocycles. The summed E-state index contributed by atoms with van der Waals surface area (Å²) in [7, 11) is 0. The molecule has 0 unspecified atom stereocenters. The number of halogens is 1. The van der Waals surface area contributed by atoms with E-state index < -0.39 is 0 Å². The highest BCUT2D eigenvalue weighted by atomic mass is 35.5. The highest BCUT2D eigenvalue weighted by Gasteiger charge is 2.18. The highest BCUT2D eigenvalue weighted by Crippen LogP contribution is 2.28. The zero-order chi connectivity index (χ0) is 20.0. The Bertz CT molecular complexity index is 1420. The minimum Gasteiger partial charge on any atom is -0.310 e. The minimum atomic E-state index is -0.163. The topological polar surface area (TPSA) is 78.0 Å². The van der Waals surface area contributed by atoms with Crippen molar-refractivity contribution >= 4 is 28.3 Å². The van der Waals surface area contributed by atoms with Crippen molar-refractivity contribution in [3.05, 3.63) is 87.8 Å². The average molecular weight is 403 g/mol. The second-order valence-corrected chi connectivity index (χ2v) is 7.15. The Morgan fingerprint density at radius 2 is 2.00 bits per heavy atom. The summed E-state index contributed by atoms with van der Waals surface area (Å²) in [6.07, 6.45) is 5.19. The average Bonchev–Trinajstić information content (AvgIpc) is 3.09. The number of fused-ring (bicyclic) bond motifs is 2. The van der Waals surface area contributed by atoms with Crippen LogP contribution < -0.4 is 5.56 Å². The van der Waals surface area contributed by atoms with Crippen molar-refractivity contribution in [1.29, 1.82) is 0 Å². The molecule has 0 atom stereocenters. The van der Waals surface area contributed by atoms with Gasteiger partial charge in [-0.15, -0.1) is 5.10 Å². The van der Waals surface area contributed by atoms with E-state index in [4.69, 9.17) is 11.6 Å². The monoisotopic (exact) mass is 402 g/mol. The molecule has 0 bridgehead atoms. The van der Waals surface area contributed by atoms with E-state index in [0.29, 0.717) is 39.8 Å². The molecule has 4 heterocycles. The van der Waals surface area contributed by atoms with E-state index in [0.717, 1.165) is 11.1 Å².